The molecule has 0 aliphatic carbocycles. The van der Waals surface area contributed by atoms with Crippen LogP contribution < -0.4 is 10.1 Å². The molecule has 1 N–H and O–H groups in total. The van der Waals surface area contributed by atoms with Crippen LogP contribution in [0.5, 0.6) is 5.75 Å². The van der Waals surface area contributed by atoms with Crippen molar-refractivity contribution in [2.75, 3.05) is 26.8 Å². The van der Waals surface area contributed by atoms with Crippen LogP contribution in [-0.4, -0.2) is 59.9 Å². The van der Waals surface area contributed by atoms with Gasteiger partial charge in [-0.25, -0.2) is 14.8 Å². The van der Waals surface area contributed by atoms with Gasteiger partial charge in [-0.1, -0.05) is 12.1 Å². The van der Waals surface area contributed by atoms with Crippen LogP contribution in [0.2, 0.25) is 0 Å². The Kier molecular flexibility index (Phi) is 6.41. The van der Waals surface area contributed by atoms with E-state index in [1.165, 1.54) is 0 Å². The summed E-state index contributed by atoms with van der Waals surface area (Å²) in [6, 6.07) is 10.5. The summed E-state index contributed by atoms with van der Waals surface area (Å²) in [5, 5.41) is 2.79. The Hall–Kier alpha value is -2.67. The number of para-hydroxylation sites is 1. The number of methoxy groups -OCH3 is 1. The molecule has 0 radical (unpaired) electrons. The van der Waals surface area contributed by atoms with Gasteiger partial charge in [0.05, 0.1) is 12.8 Å². The third-order valence-corrected chi connectivity index (χ3v) is 6.31. The number of rotatable bonds is 6. The molecule has 4 heterocycles. The lowest BCUT2D eigenvalue weighted by atomic mass is 9.74. The molecular formula is C24H32N4O3. The summed E-state index contributed by atoms with van der Waals surface area (Å²) in [4.78, 5) is 23.8. The SMILES string of the molecule is COc1ccccc1-c1cc([C@@H]2CN3CC[C@H]2C[C@@H]3COC(=O)NC(C)C)nc(C)n1. The molecule has 31 heavy (non-hydrogen) atoms. The second kappa shape index (κ2) is 9.22. The molecule has 3 aliphatic heterocycles. The average molecular weight is 425 g/mol. The number of aryl methyl sites for hydroxylation is 1. The lowest BCUT2D eigenvalue weighted by molar-refractivity contribution is -0.00373. The Morgan fingerprint density at radius 2 is 2.10 bits per heavy atom. The number of carbonyl (C=O) groups is 1. The van der Waals surface area contributed by atoms with Gasteiger partial charge in [-0.15, -0.1) is 0 Å². The minimum absolute atomic E-state index is 0.0819. The molecule has 1 aromatic heterocycles. The maximum atomic E-state index is 11.9. The number of piperidine rings is 3. The standard InChI is InChI=1S/C24H32N4O3/c1-15(2)25-24(29)31-14-18-11-17-9-10-28(18)13-20(17)22-12-21(26-16(3)27-22)19-7-5-6-8-23(19)30-4/h5-8,12,15,17-18,20H,9-11,13-14H2,1-4H3,(H,25,29)/t17-,18+,20+/m0/s1. The first kappa shape index (κ1) is 21.6. The topological polar surface area (TPSA) is 76.6 Å². The average Bonchev–Trinajstić information content (AvgIpc) is 2.77. The van der Waals surface area contributed by atoms with Crippen molar-refractivity contribution in [3.05, 3.63) is 41.9 Å². The Bertz CT molecular complexity index is 933. The molecule has 1 aromatic carbocycles. The molecule has 1 amide bonds. The molecule has 5 rings (SSSR count). The van der Waals surface area contributed by atoms with E-state index < -0.39 is 0 Å². The molecule has 7 nitrogen and oxygen atoms in total. The number of nitrogens with one attached hydrogen (secondary N) is 1. The van der Waals surface area contributed by atoms with Crippen molar-refractivity contribution < 1.29 is 14.3 Å². The predicted octanol–water partition coefficient (Wildman–Crippen LogP) is 3.77. The van der Waals surface area contributed by atoms with E-state index in [-0.39, 0.29) is 18.2 Å². The number of ether oxygens (including phenoxy) is 2. The van der Waals surface area contributed by atoms with E-state index in [1.807, 2.05) is 45.0 Å². The molecule has 1 unspecified atom stereocenters. The van der Waals surface area contributed by atoms with Gasteiger partial charge < -0.3 is 14.8 Å². The summed E-state index contributed by atoms with van der Waals surface area (Å²) in [6.07, 6.45) is 1.83. The molecule has 7 heteroatoms. The fourth-order valence-electron chi connectivity index (χ4n) is 4.87. The third-order valence-electron chi connectivity index (χ3n) is 6.31. The van der Waals surface area contributed by atoms with Crippen LogP contribution in [0.4, 0.5) is 4.79 Å². The monoisotopic (exact) mass is 424 g/mol. The molecule has 2 aromatic rings. The van der Waals surface area contributed by atoms with Gasteiger partial charge in [0.2, 0.25) is 0 Å². The van der Waals surface area contributed by atoms with Gasteiger partial charge in [0, 0.05) is 35.8 Å². The van der Waals surface area contributed by atoms with Crippen molar-refractivity contribution in [2.45, 2.75) is 51.6 Å². The van der Waals surface area contributed by atoms with Crippen LogP contribution >= 0.6 is 0 Å². The zero-order valence-corrected chi connectivity index (χ0v) is 18.8. The second-order valence-electron chi connectivity index (χ2n) is 8.86. The van der Waals surface area contributed by atoms with Crippen LogP contribution in [0.3, 0.4) is 0 Å². The van der Waals surface area contributed by atoms with Crippen molar-refractivity contribution in [3.8, 4) is 17.0 Å². The van der Waals surface area contributed by atoms with Crippen molar-refractivity contribution >= 4 is 6.09 Å². The molecule has 166 valence electrons. The summed E-state index contributed by atoms with van der Waals surface area (Å²) in [6.45, 7) is 8.24. The number of amides is 1. The maximum Gasteiger partial charge on any atom is 0.407 e. The fourth-order valence-corrected chi connectivity index (χ4v) is 4.87. The number of aromatic nitrogens is 2. The van der Waals surface area contributed by atoms with E-state index in [9.17, 15) is 4.79 Å². The summed E-state index contributed by atoms with van der Waals surface area (Å²) in [7, 11) is 1.69. The Balaban J connectivity index is 1.49. The van der Waals surface area contributed by atoms with Gasteiger partial charge in [-0.05, 0) is 64.3 Å². The normalized spacial score (nSPS) is 24.8. The molecule has 0 spiro atoms. The number of benzene rings is 1. The highest BCUT2D eigenvalue weighted by molar-refractivity contribution is 5.68. The van der Waals surface area contributed by atoms with Crippen molar-refractivity contribution in [1.29, 1.82) is 0 Å². The number of fused-ring (bicyclic) bond motifs is 3. The summed E-state index contributed by atoms with van der Waals surface area (Å²) >= 11 is 0. The first-order valence-electron chi connectivity index (χ1n) is 11.1. The molecule has 0 saturated carbocycles. The molecular weight excluding hydrogens is 392 g/mol. The van der Waals surface area contributed by atoms with Gasteiger partial charge in [0.25, 0.3) is 0 Å². The Morgan fingerprint density at radius 1 is 1.29 bits per heavy atom. The van der Waals surface area contributed by atoms with Crippen LogP contribution in [0.1, 0.15) is 44.1 Å². The van der Waals surface area contributed by atoms with Crippen molar-refractivity contribution in [3.63, 3.8) is 0 Å². The largest absolute Gasteiger partial charge is 0.496 e. The highest BCUT2D eigenvalue weighted by Gasteiger charge is 2.42. The summed E-state index contributed by atoms with van der Waals surface area (Å²) < 4.78 is 11.0. The zero-order chi connectivity index (χ0) is 22.0. The zero-order valence-electron chi connectivity index (χ0n) is 18.8. The lowest BCUT2D eigenvalue weighted by Gasteiger charge is -2.49. The number of hydrogen-bond donors (Lipinski definition) is 1. The smallest absolute Gasteiger partial charge is 0.407 e. The Morgan fingerprint density at radius 3 is 2.81 bits per heavy atom. The minimum atomic E-state index is -0.331. The van der Waals surface area contributed by atoms with E-state index in [1.54, 1.807) is 7.11 Å². The minimum Gasteiger partial charge on any atom is -0.496 e. The van der Waals surface area contributed by atoms with Gasteiger partial charge in [-0.2, -0.15) is 0 Å². The van der Waals surface area contributed by atoms with E-state index in [4.69, 9.17) is 14.5 Å². The molecule has 3 aliphatic rings. The molecule has 2 bridgehead atoms. The van der Waals surface area contributed by atoms with Crippen LogP contribution in [0.25, 0.3) is 11.3 Å². The Labute approximate surface area is 184 Å². The third kappa shape index (κ3) is 4.82. The number of carbonyl (C=O) groups excluding carboxylic acids is 1. The lowest BCUT2D eigenvalue weighted by Crippen LogP contribution is -2.54. The maximum absolute atomic E-state index is 11.9. The van der Waals surface area contributed by atoms with E-state index in [0.29, 0.717) is 18.4 Å². The van der Waals surface area contributed by atoms with Crippen LogP contribution in [-0.2, 0) is 4.74 Å². The predicted molar refractivity (Wildman–Crippen MR) is 119 cm³/mol. The first-order valence-corrected chi connectivity index (χ1v) is 11.1. The number of hydrogen-bond acceptors (Lipinski definition) is 6. The van der Waals surface area contributed by atoms with Gasteiger partial charge in [0.15, 0.2) is 0 Å². The van der Waals surface area contributed by atoms with E-state index >= 15 is 0 Å². The summed E-state index contributed by atoms with van der Waals surface area (Å²) in [5.41, 5.74) is 2.99. The van der Waals surface area contributed by atoms with Gasteiger partial charge in [-0.3, -0.25) is 4.90 Å². The van der Waals surface area contributed by atoms with Crippen molar-refractivity contribution in [2.24, 2.45) is 5.92 Å². The van der Waals surface area contributed by atoms with Crippen LogP contribution in [0, 0.1) is 12.8 Å². The highest BCUT2D eigenvalue weighted by Crippen LogP contribution is 2.42. The van der Waals surface area contributed by atoms with Gasteiger partial charge >= 0.3 is 6.09 Å². The molecule has 4 atom stereocenters. The van der Waals surface area contributed by atoms with E-state index in [2.05, 4.69) is 21.3 Å². The first-order chi connectivity index (χ1) is 14.9. The number of nitrogens with zero attached hydrogens (tertiary/aromatic N) is 3. The van der Waals surface area contributed by atoms with Crippen LogP contribution in [0.15, 0.2) is 30.3 Å². The highest BCUT2D eigenvalue weighted by atomic mass is 16.5. The fraction of sp³-hybridized carbons (Fsp3) is 0.542. The number of alkyl carbamates (subject to hydrolysis) is 1. The quantitative estimate of drug-likeness (QED) is 0.761. The van der Waals surface area contributed by atoms with Crippen molar-refractivity contribution in [1.82, 2.24) is 20.2 Å². The second-order valence-corrected chi connectivity index (χ2v) is 8.86. The van der Waals surface area contributed by atoms with E-state index in [0.717, 1.165) is 54.5 Å². The van der Waals surface area contributed by atoms with Gasteiger partial charge in [0.1, 0.15) is 18.2 Å². The summed E-state index contributed by atoms with van der Waals surface area (Å²) in [5.74, 6) is 2.49. The molecule has 3 fully saturated rings. The molecule has 3 saturated heterocycles.